The molecule has 14 heteroatoms. The van der Waals surface area contributed by atoms with Crippen LogP contribution in [0.1, 0.15) is 15.9 Å². The Morgan fingerprint density at radius 1 is 0.750 bits per heavy atom. The summed E-state index contributed by atoms with van der Waals surface area (Å²) in [6, 6.07) is 12.5. The molecule has 0 saturated heterocycles. The first kappa shape index (κ1) is 28.1. The number of benzene rings is 3. The standard InChI is InChI=1S/C14H14N2O6S.C8H12N2O2S/c1-23(21,22)16-10-7-9(3-5-11(10)17)15-14(20)8-2-4-12(18)13(19)6-8;1-6-3-4-7(9)5-8(6)10-13(2,11)12/h2-7,16-19H,1H3,(H,15,20);3-5,10H,9H2,1-2H3. The highest BCUT2D eigenvalue weighted by Crippen LogP contribution is 2.29. The van der Waals surface area contributed by atoms with Gasteiger partial charge in [-0.2, -0.15) is 0 Å². The third kappa shape index (κ3) is 8.88. The van der Waals surface area contributed by atoms with Gasteiger partial charge in [-0.05, 0) is 61.0 Å². The molecule has 0 aliphatic heterocycles. The van der Waals surface area contributed by atoms with Crippen LogP contribution in [-0.4, -0.2) is 50.6 Å². The van der Waals surface area contributed by atoms with Crippen molar-refractivity contribution in [2.45, 2.75) is 6.92 Å². The van der Waals surface area contributed by atoms with Gasteiger partial charge in [-0.3, -0.25) is 14.2 Å². The summed E-state index contributed by atoms with van der Waals surface area (Å²) in [4.78, 5) is 12.1. The summed E-state index contributed by atoms with van der Waals surface area (Å²) < 4.78 is 48.8. The number of aromatic hydroxyl groups is 3. The Labute approximate surface area is 208 Å². The summed E-state index contributed by atoms with van der Waals surface area (Å²) in [5.41, 5.74) is 7.66. The van der Waals surface area contributed by atoms with Crippen molar-refractivity contribution >= 4 is 48.7 Å². The number of amides is 1. The molecule has 0 atom stereocenters. The molecular weight excluding hydrogens is 512 g/mol. The molecule has 3 rings (SSSR count). The topological polar surface area (TPSA) is 208 Å². The van der Waals surface area contributed by atoms with Crippen molar-refractivity contribution in [3.8, 4) is 17.2 Å². The number of nitrogen functional groups attached to an aromatic ring is 1. The molecule has 0 saturated carbocycles. The van der Waals surface area contributed by atoms with E-state index in [1.165, 1.54) is 24.3 Å². The summed E-state index contributed by atoms with van der Waals surface area (Å²) in [7, 11) is -6.81. The van der Waals surface area contributed by atoms with E-state index in [9.17, 15) is 36.9 Å². The van der Waals surface area contributed by atoms with Crippen LogP contribution >= 0.6 is 0 Å². The monoisotopic (exact) mass is 538 g/mol. The minimum atomic E-state index is -3.59. The number of nitrogens with two attached hydrogens (primary N) is 1. The lowest BCUT2D eigenvalue weighted by Gasteiger charge is -2.10. The average Bonchev–Trinajstić information content (AvgIpc) is 2.73. The minimum absolute atomic E-state index is 0.0844. The number of carbonyl (C=O) groups excluding carboxylic acids is 1. The minimum Gasteiger partial charge on any atom is -0.506 e. The lowest BCUT2D eigenvalue weighted by Crippen LogP contribution is -2.13. The van der Waals surface area contributed by atoms with Gasteiger partial charge in [0.1, 0.15) is 5.75 Å². The summed E-state index contributed by atoms with van der Waals surface area (Å²) in [6.45, 7) is 1.81. The van der Waals surface area contributed by atoms with E-state index in [0.29, 0.717) is 11.4 Å². The molecule has 0 aliphatic carbocycles. The van der Waals surface area contributed by atoms with Gasteiger partial charge in [0, 0.05) is 16.9 Å². The molecule has 3 aromatic carbocycles. The molecule has 1 amide bonds. The summed E-state index contributed by atoms with van der Waals surface area (Å²) in [5, 5.41) is 30.7. The highest BCUT2D eigenvalue weighted by molar-refractivity contribution is 7.92. The SMILES string of the molecule is CS(=O)(=O)Nc1cc(NC(=O)c2ccc(O)c(O)c2)ccc1O.Cc1ccc(N)cc1NS(C)(=O)=O. The third-order valence-corrected chi connectivity index (χ3v) is 5.53. The molecule has 0 spiro atoms. The Morgan fingerprint density at radius 2 is 1.33 bits per heavy atom. The predicted octanol–water partition coefficient (Wildman–Crippen LogP) is 2.38. The van der Waals surface area contributed by atoms with Crippen molar-refractivity contribution in [2.75, 3.05) is 33.0 Å². The number of carbonyl (C=O) groups is 1. The predicted molar refractivity (Wildman–Crippen MR) is 138 cm³/mol. The molecule has 0 unspecified atom stereocenters. The van der Waals surface area contributed by atoms with Crippen molar-refractivity contribution < 1.29 is 36.9 Å². The summed E-state index contributed by atoms with van der Waals surface area (Å²) in [5.74, 6) is -1.68. The highest BCUT2D eigenvalue weighted by atomic mass is 32.2. The zero-order chi connectivity index (χ0) is 27.3. The summed E-state index contributed by atoms with van der Waals surface area (Å²) >= 11 is 0. The molecule has 0 aromatic heterocycles. The van der Waals surface area contributed by atoms with E-state index in [2.05, 4.69) is 14.8 Å². The Morgan fingerprint density at radius 3 is 1.92 bits per heavy atom. The van der Waals surface area contributed by atoms with Crippen molar-refractivity contribution in [1.82, 2.24) is 0 Å². The third-order valence-electron chi connectivity index (χ3n) is 4.34. The number of aryl methyl sites for hydroxylation is 1. The van der Waals surface area contributed by atoms with Crippen molar-refractivity contribution in [3.05, 3.63) is 65.7 Å². The van der Waals surface area contributed by atoms with Gasteiger partial charge in [-0.1, -0.05) is 6.07 Å². The maximum absolute atomic E-state index is 12.1. The lowest BCUT2D eigenvalue weighted by atomic mass is 10.2. The highest BCUT2D eigenvalue weighted by Gasteiger charge is 2.12. The van der Waals surface area contributed by atoms with Crippen LogP contribution in [0.3, 0.4) is 0 Å². The van der Waals surface area contributed by atoms with E-state index in [-0.39, 0.29) is 28.4 Å². The maximum Gasteiger partial charge on any atom is 0.255 e. The van der Waals surface area contributed by atoms with E-state index in [0.717, 1.165) is 30.2 Å². The number of phenols is 3. The molecule has 0 fully saturated rings. The van der Waals surface area contributed by atoms with Crippen LogP contribution in [0.5, 0.6) is 17.2 Å². The van der Waals surface area contributed by atoms with Crippen LogP contribution in [0.25, 0.3) is 0 Å². The molecular formula is C22H26N4O8S2. The number of rotatable bonds is 6. The quantitative estimate of drug-likeness (QED) is 0.139. The Kier molecular flexibility index (Phi) is 8.61. The van der Waals surface area contributed by atoms with Crippen molar-refractivity contribution in [2.24, 2.45) is 0 Å². The zero-order valence-corrected chi connectivity index (χ0v) is 21.1. The average molecular weight is 539 g/mol. The Balaban J connectivity index is 0.000000297. The largest absolute Gasteiger partial charge is 0.506 e. The number of hydrogen-bond donors (Lipinski definition) is 7. The number of hydrogen-bond acceptors (Lipinski definition) is 9. The van der Waals surface area contributed by atoms with Gasteiger partial charge < -0.3 is 26.4 Å². The number of phenolic OH excluding ortho intramolecular Hbond substituents is 3. The van der Waals surface area contributed by atoms with Gasteiger partial charge in [-0.25, -0.2) is 16.8 Å². The molecule has 0 heterocycles. The van der Waals surface area contributed by atoms with E-state index in [1.54, 1.807) is 18.2 Å². The van der Waals surface area contributed by atoms with Crippen LogP contribution in [0.15, 0.2) is 54.6 Å². The number of sulfonamides is 2. The first-order chi connectivity index (χ1) is 16.5. The molecule has 3 aromatic rings. The maximum atomic E-state index is 12.1. The van der Waals surface area contributed by atoms with E-state index < -0.39 is 31.7 Å². The van der Waals surface area contributed by atoms with Crippen molar-refractivity contribution in [3.63, 3.8) is 0 Å². The zero-order valence-electron chi connectivity index (χ0n) is 19.5. The van der Waals surface area contributed by atoms with E-state index in [4.69, 9.17) is 5.73 Å². The second kappa shape index (κ2) is 11.0. The van der Waals surface area contributed by atoms with Gasteiger partial charge in [-0.15, -0.1) is 0 Å². The first-order valence-corrected chi connectivity index (χ1v) is 13.8. The van der Waals surface area contributed by atoms with Gasteiger partial charge in [0.05, 0.1) is 23.9 Å². The van der Waals surface area contributed by atoms with Gasteiger partial charge in [0.15, 0.2) is 11.5 Å². The van der Waals surface area contributed by atoms with Crippen LogP contribution in [0.4, 0.5) is 22.7 Å². The lowest BCUT2D eigenvalue weighted by molar-refractivity contribution is 0.102. The van der Waals surface area contributed by atoms with Crippen LogP contribution in [-0.2, 0) is 20.0 Å². The Bertz CT molecular complexity index is 1490. The fraction of sp³-hybridized carbons (Fsp3) is 0.136. The molecule has 0 radical (unpaired) electrons. The summed E-state index contributed by atoms with van der Waals surface area (Å²) in [6.07, 6.45) is 2.03. The molecule has 36 heavy (non-hydrogen) atoms. The molecule has 12 nitrogen and oxygen atoms in total. The second-order valence-corrected chi connectivity index (χ2v) is 11.2. The molecule has 8 N–H and O–H groups in total. The first-order valence-electron chi connectivity index (χ1n) is 10.0. The number of anilines is 4. The van der Waals surface area contributed by atoms with E-state index >= 15 is 0 Å². The van der Waals surface area contributed by atoms with Crippen LogP contribution in [0, 0.1) is 6.92 Å². The fourth-order valence-corrected chi connectivity index (χ4v) is 3.89. The van der Waals surface area contributed by atoms with Crippen LogP contribution in [0.2, 0.25) is 0 Å². The van der Waals surface area contributed by atoms with Crippen molar-refractivity contribution in [1.29, 1.82) is 0 Å². The van der Waals surface area contributed by atoms with E-state index in [1.807, 2.05) is 6.92 Å². The smallest absolute Gasteiger partial charge is 0.255 e. The van der Waals surface area contributed by atoms with Gasteiger partial charge in [0.2, 0.25) is 20.0 Å². The molecule has 0 bridgehead atoms. The fourth-order valence-electron chi connectivity index (χ4n) is 2.71. The van der Waals surface area contributed by atoms with Gasteiger partial charge in [0.25, 0.3) is 5.91 Å². The van der Waals surface area contributed by atoms with Crippen LogP contribution < -0.4 is 20.5 Å². The number of nitrogens with one attached hydrogen (secondary N) is 3. The Hall–Kier alpha value is -4.17. The molecule has 0 aliphatic rings. The second-order valence-electron chi connectivity index (χ2n) is 7.71. The van der Waals surface area contributed by atoms with Gasteiger partial charge >= 0.3 is 0 Å². The normalized spacial score (nSPS) is 11.1. The molecule has 194 valence electrons.